The van der Waals surface area contributed by atoms with Gasteiger partial charge in [-0.15, -0.1) is 0 Å². The number of sulfonamides is 1. The van der Waals surface area contributed by atoms with Crippen molar-refractivity contribution >= 4 is 26.8 Å². The minimum absolute atomic E-state index is 0.0176. The van der Waals surface area contributed by atoms with E-state index in [-0.39, 0.29) is 17.6 Å². The smallest absolute Gasteiger partial charge is 0.264 e. The van der Waals surface area contributed by atoms with Gasteiger partial charge in [-0.25, -0.2) is 13.1 Å². The summed E-state index contributed by atoms with van der Waals surface area (Å²) in [6, 6.07) is 8.13. The second kappa shape index (κ2) is 7.49. The maximum Gasteiger partial charge on any atom is 0.264 e. The van der Waals surface area contributed by atoms with Crippen molar-refractivity contribution in [2.75, 3.05) is 6.61 Å². The number of carbonyl (C=O) groups excluding carboxylic acids is 1. The zero-order valence-electron chi connectivity index (χ0n) is 14.1. The van der Waals surface area contributed by atoms with E-state index in [1.165, 1.54) is 12.5 Å². The fourth-order valence-corrected chi connectivity index (χ4v) is 4.44. The zero-order valence-corrected chi connectivity index (χ0v) is 15.0. The first-order valence-corrected chi connectivity index (χ1v) is 9.97. The fraction of sp³-hybridized carbons (Fsp3) is 0.444. The van der Waals surface area contributed by atoms with Crippen molar-refractivity contribution in [2.45, 2.75) is 43.6 Å². The Bertz CT molecular complexity index is 861. The molecule has 2 atom stereocenters. The highest BCUT2D eigenvalue weighted by atomic mass is 32.2. The first-order valence-electron chi connectivity index (χ1n) is 8.48. The quantitative estimate of drug-likeness (QED) is 0.884. The van der Waals surface area contributed by atoms with Crippen LogP contribution < -0.4 is 4.72 Å². The third kappa shape index (κ3) is 4.16. The Balaban J connectivity index is 1.69. The van der Waals surface area contributed by atoms with Gasteiger partial charge in [-0.2, -0.15) is 0 Å². The standard InChI is InChI=1S/C18H22N2O4S/c1-13-6-2-3-9-16(13)24-12-18(21)20-25(22,23)17-10-4-8-15-14(17)7-5-11-19-15/h4-5,7-8,10-11,13,16H,2-3,6,9,12H2,1H3,(H,20,21). The van der Waals surface area contributed by atoms with E-state index in [1.54, 1.807) is 30.5 Å². The van der Waals surface area contributed by atoms with Crippen LogP contribution in [0.1, 0.15) is 32.6 Å². The van der Waals surface area contributed by atoms with Gasteiger partial charge in [0.25, 0.3) is 15.9 Å². The molecule has 25 heavy (non-hydrogen) atoms. The fourth-order valence-electron chi connectivity index (χ4n) is 3.26. The van der Waals surface area contributed by atoms with E-state index in [0.29, 0.717) is 16.8 Å². The number of pyridine rings is 1. The summed E-state index contributed by atoms with van der Waals surface area (Å²) in [6.45, 7) is 1.85. The molecular formula is C18H22N2O4S. The van der Waals surface area contributed by atoms with Gasteiger partial charge in [0.2, 0.25) is 0 Å². The molecule has 1 N–H and O–H groups in total. The molecule has 2 aromatic rings. The average molecular weight is 362 g/mol. The number of hydrogen-bond donors (Lipinski definition) is 1. The van der Waals surface area contributed by atoms with Crippen LogP contribution in [0, 0.1) is 5.92 Å². The number of amides is 1. The SMILES string of the molecule is CC1CCCCC1OCC(=O)NS(=O)(=O)c1cccc2ncccc12. The lowest BCUT2D eigenvalue weighted by atomic mass is 9.88. The molecule has 0 saturated heterocycles. The van der Waals surface area contributed by atoms with Gasteiger partial charge in [-0.05, 0) is 43.0 Å². The van der Waals surface area contributed by atoms with E-state index in [4.69, 9.17) is 4.74 Å². The van der Waals surface area contributed by atoms with E-state index < -0.39 is 15.9 Å². The second-order valence-electron chi connectivity index (χ2n) is 6.47. The molecule has 0 spiro atoms. The zero-order chi connectivity index (χ0) is 17.9. The number of ether oxygens (including phenoxy) is 1. The predicted molar refractivity (Wildman–Crippen MR) is 94.4 cm³/mol. The molecule has 0 aliphatic heterocycles. The van der Waals surface area contributed by atoms with E-state index in [2.05, 4.69) is 16.6 Å². The Morgan fingerprint density at radius 2 is 2.04 bits per heavy atom. The molecular weight excluding hydrogens is 340 g/mol. The van der Waals surface area contributed by atoms with Crippen molar-refractivity contribution in [2.24, 2.45) is 5.92 Å². The summed E-state index contributed by atoms with van der Waals surface area (Å²) in [6.07, 6.45) is 5.86. The molecule has 7 heteroatoms. The lowest BCUT2D eigenvalue weighted by molar-refractivity contribution is -0.127. The minimum atomic E-state index is -3.97. The van der Waals surface area contributed by atoms with Crippen molar-refractivity contribution in [3.05, 3.63) is 36.5 Å². The van der Waals surface area contributed by atoms with Crippen molar-refractivity contribution in [3.63, 3.8) is 0 Å². The molecule has 134 valence electrons. The first kappa shape index (κ1) is 17.8. The summed E-state index contributed by atoms with van der Waals surface area (Å²) in [5, 5.41) is 0.479. The van der Waals surface area contributed by atoms with E-state index in [1.807, 2.05) is 0 Å². The molecule has 0 radical (unpaired) electrons. The van der Waals surface area contributed by atoms with E-state index in [9.17, 15) is 13.2 Å². The summed E-state index contributed by atoms with van der Waals surface area (Å²) < 4.78 is 32.9. The molecule has 3 rings (SSSR count). The molecule has 1 heterocycles. The Hall–Kier alpha value is -1.99. The van der Waals surface area contributed by atoms with Crippen LogP contribution in [0.3, 0.4) is 0 Å². The van der Waals surface area contributed by atoms with E-state index in [0.717, 1.165) is 19.3 Å². The number of aromatic nitrogens is 1. The Morgan fingerprint density at radius 1 is 1.24 bits per heavy atom. The molecule has 1 aliphatic carbocycles. The van der Waals surface area contributed by atoms with Gasteiger partial charge in [-0.1, -0.05) is 25.8 Å². The number of hydrogen-bond acceptors (Lipinski definition) is 5. The number of carbonyl (C=O) groups is 1. The second-order valence-corrected chi connectivity index (χ2v) is 8.12. The molecule has 1 amide bonds. The number of nitrogens with one attached hydrogen (secondary N) is 1. The molecule has 2 unspecified atom stereocenters. The van der Waals surface area contributed by atoms with Gasteiger partial charge in [0.05, 0.1) is 16.5 Å². The summed E-state index contributed by atoms with van der Waals surface area (Å²) in [7, 11) is -3.97. The third-order valence-corrected chi connectivity index (χ3v) is 6.04. The summed E-state index contributed by atoms with van der Waals surface area (Å²) in [5.74, 6) is -0.263. The van der Waals surface area contributed by atoms with Crippen LogP contribution in [0.25, 0.3) is 10.9 Å². The lowest BCUT2D eigenvalue weighted by Crippen LogP contribution is -2.36. The lowest BCUT2D eigenvalue weighted by Gasteiger charge is -2.28. The molecule has 1 saturated carbocycles. The van der Waals surface area contributed by atoms with Crippen LogP contribution in [0.15, 0.2) is 41.4 Å². The van der Waals surface area contributed by atoms with Crippen LogP contribution >= 0.6 is 0 Å². The minimum Gasteiger partial charge on any atom is -0.368 e. The maximum atomic E-state index is 12.6. The first-order chi connectivity index (χ1) is 12.0. The van der Waals surface area contributed by atoms with E-state index >= 15 is 0 Å². The number of nitrogens with zero attached hydrogens (tertiary/aromatic N) is 1. The average Bonchev–Trinajstić information content (AvgIpc) is 2.60. The highest BCUT2D eigenvalue weighted by molar-refractivity contribution is 7.90. The van der Waals surface area contributed by atoms with Crippen LogP contribution in [0.2, 0.25) is 0 Å². The number of fused-ring (bicyclic) bond motifs is 1. The molecule has 1 aliphatic rings. The summed E-state index contributed by atoms with van der Waals surface area (Å²) in [5.41, 5.74) is 0.560. The number of benzene rings is 1. The van der Waals surface area contributed by atoms with Crippen molar-refractivity contribution < 1.29 is 17.9 Å². The molecule has 1 aromatic heterocycles. The van der Waals surface area contributed by atoms with Crippen LogP contribution in [-0.4, -0.2) is 32.0 Å². The molecule has 1 fully saturated rings. The predicted octanol–water partition coefficient (Wildman–Crippen LogP) is 2.64. The van der Waals surface area contributed by atoms with Crippen LogP contribution in [0.4, 0.5) is 0 Å². The summed E-state index contributed by atoms with van der Waals surface area (Å²) >= 11 is 0. The van der Waals surface area contributed by atoms with Gasteiger partial charge >= 0.3 is 0 Å². The van der Waals surface area contributed by atoms with Crippen molar-refractivity contribution in [3.8, 4) is 0 Å². The van der Waals surface area contributed by atoms with Crippen LogP contribution in [-0.2, 0) is 19.6 Å². The number of rotatable bonds is 5. The summed E-state index contributed by atoms with van der Waals surface area (Å²) in [4.78, 5) is 16.3. The van der Waals surface area contributed by atoms with Gasteiger partial charge in [0.1, 0.15) is 6.61 Å². The molecule has 1 aromatic carbocycles. The van der Waals surface area contributed by atoms with Gasteiger partial charge in [0, 0.05) is 11.6 Å². The van der Waals surface area contributed by atoms with Crippen LogP contribution in [0.5, 0.6) is 0 Å². The normalized spacial score (nSPS) is 21.2. The maximum absolute atomic E-state index is 12.6. The Labute approximate surface area is 147 Å². The van der Waals surface area contributed by atoms with Crippen molar-refractivity contribution in [1.82, 2.24) is 9.71 Å². The van der Waals surface area contributed by atoms with Gasteiger partial charge in [0.15, 0.2) is 0 Å². The monoisotopic (exact) mass is 362 g/mol. The Morgan fingerprint density at radius 3 is 2.84 bits per heavy atom. The van der Waals surface area contributed by atoms with Gasteiger partial charge < -0.3 is 4.74 Å². The third-order valence-electron chi connectivity index (χ3n) is 4.60. The molecule has 6 nitrogen and oxygen atoms in total. The molecule has 0 bridgehead atoms. The van der Waals surface area contributed by atoms with Crippen molar-refractivity contribution in [1.29, 1.82) is 0 Å². The largest absolute Gasteiger partial charge is 0.368 e. The topological polar surface area (TPSA) is 85.4 Å². The van der Waals surface area contributed by atoms with Gasteiger partial charge in [-0.3, -0.25) is 9.78 Å². The Kier molecular flexibility index (Phi) is 5.34. The highest BCUT2D eigenvalue weighted by Gasteiger charge is 2.24. The highest BCUT2D eigenvalue weighted by Crippen LogP contribution is 2.26.